The number of hydrogen-bond donors (Lipinski definition) is 1. The summed E-state index contributed by atoms with van der Waals surface area (Å²) in [5, 5.41) is 17.1. The van der Waals surface area contributed by atoms with Gasteiger partial charge >= 0.3 is 5.69 Å². The second kappa shape index (κ2) is 7.59. The Morgan fingerprint density at radius 3 is 2.80 bits per heavy atom. The number of nitro groups is 1. The van der Waals surface area contributed by atoms with E-state index in [9.17, 15) is 14.9 Å². The van der Waals surface area contributed by atoms with Gasteiger partial charge in [0.05, 0.1) is 11.0 Å². The van der Waals surface area contributed by atoms with E-state index in [0.717, 1.165) is 12.6 Å². The van der Waals surface area contributed by atoms with Crippen LogP contribution in [0.3, 0.4) is 0 Å². The van der Waals surface area contributed by atoms with Crippen molar-refractivity contribution in [2.24, 2.45) is 0 Å². The molecule has 1 N–H and O–H groups in total. The second-order valence-electron chi connectivity index (χ2n) is 4.68. The summed E-state index contributed by atoms with van der Waals surface area (Å²) in [6, 6.07) is -0.588. The third-order valence-corrected chi connectivity index (χ3v) is 2.65. The summed E-state index contributed by atoms with van der Waals surface area (Å²) in [4.78, 5) is 21.8. The fraction of sp³-hybridized carbons (Fsp3) is 0.667. The van der Waals surface area contributed by atoms with E-state index >= 15 is 0 Å². The molecule has 1 unspecified atom stereocenters. The van der Waals surface area contributed by atoms with Gasteiger partial charge in [-0.2, -0.15) is 5.10 Å². The highest BCUT2D eigenvalue weighted by molar-refractivity contribution is 5.79. The Morgan fingerprint density at radius 2 is 2.25 bits per heavy atom. The Labute approximate surface area is 117 Å². The van der Waals surface area contributed by atoms with E-state index in [1.807, 2.05) is 13.8 Å². The normalized spacial score (nSPS) is 12.4. The number of rotatable bonds is 8. The molecular formula is C12H20N4O4. The van der Waals surface area contributed by atoms with Crippen molar-refractivity contribution in [2.45, 2.75) is 39.3 Å². The van der Waals surface area contributed by atoms with E-state index < -0.39 is 11.0 Å². The highest BCUT2D eigenvalue weighted by atomic mass is 16.6. The molecule has 8 nitrogen and oxygen atoms in total. The molecule has 0 spiro atoms. The molecule has 1 aromatic heterocycles. The molecule has 1 aromatic rings. The average Bonchev–Trinajstić information content (AvgIpc) is 2.86. The van der Waals surface area contributed by atoms with Gasteiger partial charge < -0.3 is 10.1 Å². The van der Waals surface area contributed by atoms with Crippen LogP contribution < -0.4 is 5.32 Å². The van der Waals surface area contributed by atoms with Gasteiger partial charge in [-0.05, 0) is 27.2 Å². The highest BCUT2D eigenvalue weighted by Gasteiger charge is 2.18. The number of nitrogens with one attached hydrogen (secondary N) is 1. The van der Waals surface area contributed by atoms with Crippen LogP contribution in [-0.4, -0.2) is 39.9 Å². The molecule has 20 heavy (non-hydrogen) atoms. The summed E-state index contributed by atoms with van der Waals surface area (Å²) in [7, 11) is 0. The maximum Gasteiger partial charge on any atom is 0.307 e. The van der Waals surface area contributed by atoms with Crippen molar-refractivity contribution in [3.63, 3.8) is 0 Å². The van der Waals surface area contributed by atoms with E-state index in [1.165, 1.54) is 10.9 Å². The number of aromatic nitrogens is 2. The molecule has 0 bridgehead atoms. The zero-order valence-electron chi connectivity index (χ0n) is 11.9. The van der Waals surface area contributed by atoms with Crippen LogP contribution in [0.15, 0.2) is 12.4 Å². The van der Waals surface area contributed by atoms with E-state index in [1.54, 1.807) is 6.92 Å². The van der Waals surface area contributed by atoms with Crippen molar-refractivity contribution >= 4 is 11.6 Å². The molecule has 1 atom stereocenters. The molecule has 1 heterocycles. The minimum absolute atomic E-state index is 0.130. The van der Waals surface area contributed by atoms with Crippen molar-refractivity contribution in [3.8, 4) is 0 Å². The predicted octanol–water partition coefficient (Wildman–Crippen LogP) is 1.28. The Morgan fingerprint density at radius 1 is 1.55 bits per heavy atom. The number of nitrogens with zero attached hydrogens (tertiary/aromatic N) is 3. The summed E-state index contributed by atoms with van der Waals surface area (Å²) < 4.78 is 6.63. The smallest absolute Gasteiger partial charge is 0.307 e. The first kappa shape index (κ1) is 16.1. The topological polar surface area (TPSA) is 99.3 Å². The zero-order chi connectivity index (χ0) is 15.1. The first-order valence-corrected chi connectivity index (χ1v) is 6.49. The lowest BCUT2D eigenvalue weighted by atomic mass is 10.3. The Hall–Kier alpha value is -1.96. The van der Waals surface area contributed by atoms with Crippen LogP contribution in [0.5, 0.6) is 0 Å². The number of hydrogen-bond acceptors (Lipinski definition) is 5. The monoisotopic (exact) mass is 284 g/mol. The quantitative estimate of drug-likeness (QED) is 0.440. The maximum atomic E-state index is 11.8. The average molecular weight is 284 g/mol. The van der Waals surface area contributed by atoms with Gasteiger partial charge in [-0.25, -0.2) is 0 Å². The maximum absolute atomic E-state index is 11.8. The number of amides is 1. The first-order chi connectivity index (χ1) is 9.41. The Kier molecular flexibility index (Phi) is 6.10. The minimum Gasteiger partial charge on any atom is -0.379 e. The minimum atomic E-state index is -0.588. The molecular weight excluding hydrogens is 264 g/mol. The largest absolute Gasteiger partial charge is 0.379 e. The number of carbonyl (C=O) groups excluding carboxylic acids is 1. The van der Waals surface area contributed by atoms with Gasteiger partial charge in [0.2, 0.25) is 5.91 Å². The molecule has 112 valence electrons. The molecule has 0 aliphatic carbocycles. The van der Waals surface area contributed by atoms with Crippen molar-refractivity contribution in [3.05, 3.63) is 22.5 Å². The second-order valence-corrected chi connectivity index (χ2v) is 4.68. The summed E-state index contributed by atoms with van der Waals surface area (Å²) >= 11 is 0. The van der Waals surface area contributed by atoms with E-state index in [0.29, 0.717) is 13.2 Å². The summed E-state index contributed by atoms with van der Waals surface area (Å²) in [5.74, 6) is -0.229. The predicted molar refractivity (Wildman–Crippen MR) is 72.3 cm³/mol. The van der Waals surface area contributed by atoms with Crippen LogP contribution in [0.2, 0.25) is 0 Å². The lowest BCUT2D eigenvalue weighted by Gasteiger charge is -2.12. The summed E-state index contributed by atoms with van der Waals surface area (Å²) in [6.07, 6.45) is 3.26. The van der Waals surface area contributed by atoms with Gasteiger partial charge in [0, 0.05) is 13.2 Å². The van der Waals surface area contributed by atoms with Crippen molar-refractivity contribution in [1.82, 2.24) is 15.1 Å². The molecule has 1 amide bonds. The van der Waals surface area contributed by atoms with Crippen LogP contribution in [0.25, 0.3) is 0 Å². The Bertz CT molecular complexity index is 458. The summed E-state index contributed by atoms with van der Waals surface area (Å²) in [6.45, 7) is 6.62. The molecule has 1 rings (SSSR count). The fourth-order valence-electron chi connectivity index (χ4n) is 1.50. The van der Waals surface area contributed by atoms with Crippen LogP contribution >= 0.6 is 0 Å². The van der Waals surface area contributed by atoms with Gasteiger partial charge in [0.15, 0.2) is 0 Å². The standard InChI is InChI=1S/C12H20N4O4/c1-9(2)20-6-4-5-13-12(17)10(3)15-8-11(7-14-15)16(18)19/h7-10H,4-6H2,1-3H3,(H,13,17). The molecule has 0 aromatic carbocycles. The molecule has 0 radical (unpaired) electrons. The lowest BCUT2D eigenvalue weighted by molar-refractivity contribution is -0.385. The Balaban J connectivity index is 2.36. The number of ether oxygens (including phenoxy) is 1. The lowest BCUT2D eigenvalue weighted by Crippen LogP contribution is -2.32. The molecule has 0 saturated heterocycles. The summed E-state index contributed by atoms with van der Waals surface area (Å²) in [5.41, 5.74) is -0.130. The van der Waals surface area contributed by atoms with Crippen molar-refractivity contribution < 1.29 is 14.5 Å². The van der Waals surface area contributed by atoms with Gasteiger partial charge in [-0.3, -0.25) is 19.6 Å². The van der Waals surface area contributed by atoms with Crippen molar-refractivity contribution in [2.75, 3.05) is 13.2 Å². The van der Waals surface area contributed by atoms with Crippen molar-refractivity contribution in [1.29, 1.82) is 0 Å². The van der Waals surface area contributed by atoms with Crippen LogP contribution in [0.4, 0.5) is 5.69 Å². The van der Waals surface area contributed by atoms with Crippen LogP contribution in [0, 0.1) is 10.1 Å². The van der Waals surface area contributed by atoms with Gasteiger partial charge in [-0.1, -0.05) is 0 Å². The molecule has 0 aliphatic heterocycles. The third kappa shape index (κ3) is 4.96. The SMILES string of the molecule is CC(C)OCCCNC(=O)C(C)n1cc([N+](=O)[O-])cn1. The van der Waals surface area contributed by atoms with E-state index in [-0.39, 0.29) is 17.7 Å². The molecule has 8 heteroatoms. The third-order valence-electron chi connectivity index (χ3n) is 2.65. The zero-order valence-corrected chi connectivity index (χ0v) is 11.9. The van der Waals surface area contributed by atoms with Gasteiger partial charge in [0.1, 0.15) is 18.4 Å². The van der Waals surface area contributed by atoms with Crippen LogP contribution in [0.1, 0.15) is 33.2 Å². The van der Waals surface area contributed by atoms with Crippen LogP contribution in [-0.2, 0) is 9.53 Å². The van der Waals surface area contributed by atoms with E-state index in [2.05, 4.69) is 10.4 Å². The number of carbonyl (C=O) groups is 1. The van der Waals surface area contributed by atoms with E-state index in [4.69, 9.17) is 4.74 Å². The molecule has 0 fully saturated rings. The molecule has 0 saturated carbocycles. The molecule has 0 aliphatic rings. The van der Waals surface area contributed by atoms with Gasteiger partial charge in [0.25, 0.3) is 0 Å². The van der Waals surface area contributed by atoms with Gasteiger partial charge in [-0.15, -0.1) is 0 Å². The first-order valence-electron chi connectivity index (χ1n) is 6.49. The highest BCUT2D eigenvalue weighted by Crippen LogP contribution is 2.12. The fourth-order valence-corrected chi connectivity index (χ4v) is 1.50.